The number of aromatic nitrogens is 1. The fourth-order valence-electron chi connectivity index (χ4n) is 4.27. The van der Waals surface area contributed by atoms with Gasteiger partial charge in [-0.15, -0.1) is 0 Å². The van der Waals surface area contributed by atoms with Crippen LogP contribution in [0.15, 0.2) is 70.3 Å². The number of aliphatic imine (C=N–C) groups is 1. The third-order valence-electron chi connectivity index (χ3n) is 5.90. The van der Waals surface area contributed by atoms with Gasteiger partial charge in [0.05, 0.1) is 17.9 Å². The van der Waals surface area contributed by atoms with E-state index in [2.05, 4.69) is 14.7 Å². The van der Waals surface area contributed by atoms with Crippen molar-refractivity contribution >= 4 is 39.8 Å². The first-order valence-corrected chi connectivity index (χ1v) is 12.2. The molecule has 0 spiro atoms. The maximum Gasteiger partial charge on any atom is 0.283 e. The Kier molecular flexibility index (Phi) is 5.90. The number of hydrogen-bond acceptors (Lipinski definition) is 5. The maximum atomic E-state index is 12.9. The Hall–Kier alpha value is -3.91. The van der Waals surface area contributed by atoms with E-state index in [0.717, 1.165) is 44.6 Å². The lowest BCUT2D eigenvalue weighted by molar-refractivity contribution is -0.114. The molecule has 3 aromatic rings. The number of hydrazone groups is 1. The number of nitrogens with zero attached hydrogens (tertiary/aromatic N) is 4. The number of amides is 1. The number of hydrogen-bond donors (Lipinski definition) is 1. The minimum Gasteiger partial charge on any atom is -0.492 e. The summed E-state index contributed by atoms with van der Waals surface area (Å²) in [5.74, 6) is 0.377. The first-order valence-electron chi connectivity index (χ1n) is 11.4. The third kappa shape index (κ3) is 4.10. The van der Waals surface area contributed by atoms with Crippen LogP contribution in [0, 0.1) is 26.2 Å². The van der Waals surface area contributed by atoms with Crippen LogP contribution in [-0.2, 0) is 4.79 Å². The van der Waals surface area contributed by atoms with Crippen LogP contribution in [0.5, 0.6) is 5.75 Å². The van der Waals surface area contributed by atoms with Gasteiger partial charge in [0, 0.05) is 17.0 Å². The molecule has 7 nitrogen and oxygen atoms in total. The molecule has 176 valence electrons. The van der Waals surface area contributed by atoms with Crippen molar-refractivity contribution in [2.75, 3.05) is 6.61 Å². The van der Waals surface area contributed by atoms with E-state index in [9.17, 15) is 4.79 Å². The number of amidine groups is 2. The van der Waals surface area contributed by atoms with Crippen LogP contribution in [0.25, 0.3) is 11.8 Å². The smallest absolute Gasteiger partial charge is 0.283 e. The number of benzene rings is 2. The Labute approximate surface area is 208 Å². The lowest BCUT2D eigenvalue weighted by atomic mass is 10.1. The normalized spacial score (nSPS) is 16.5. The van der Waals surface area contributed by atoms with Crippen LogP contribution in [0.4, 0.5) is 0 Å². The number of carbonyl (C=O) groups is 1. The highest BCUT2D eigenvalue weighted by Gasteiger charge is 2.36. The molecule has 0 saturated carbocycles. The molecule has 5 rings (SSSR count). The van der Waals surface area contributed by atoms with Gasteiger partial charge in [-0.3, -0.25) is 10.2 Å². The largest absolute Gasteiger partial charge is 0.492 e. The van der Waals surface area contributed by atoms with Gasteiger partial charge < -0.3 is 9.30 Å². The Morgan fingerprint density at radius 1 is 1.09 bits per heavy atom. The van der Waals surface area contributed by atoms with Crippen molar-refractivity contribution in [2.24, 2.45) is 10.1 Å². The summed E-state index contributed by atoms with van der Waals surface area (Å²) in [6.07, 6.45) is 1.73. The second kappa shape index (κ2) is 9.03. The topological polar surface area (TPSA) is 83.0 Å². The van der Waals surface area contributed by atoms with Crippen LogP contribution in [0.1, 0.15) is 35.0 Å². The number of carbonyl (C=O) groups excluding carboxylic acids is 1. The Balaban J connectivity index is 1.52. The molecule has 0 saturated heterocycles. The quantitative estimate of drug-likeness (QED) is 0.488. The molecule has 1 N–H and O–H groups in total. The zero-order valence-electron chi connectivity index (χ0n) is 20.0. The highest BCUT2D eigenvalue weighted by Crippen LogP contribution is 2.33. The summed E-state index contributed by atoms with van der Waals surface area (Å²) in [4.78, 5) is 17.2. The molecule has 0 aliphatic carbocycles. The fourth-order valence-corrected chi connectivity index (χ4v) is 5.15. The van der Waals surface area contributed by atoms with E-state index < -0.39 is 5.91 Å². The lowest BCUT2D eigenvalue weighted by Crippen LogP contribution is -2.35. The van der Waals surface area contributed by atoms with Gasteiger partial charge in [0.25, 0.3) is 5.91 Å². The van der Waals surface area contributed by atoms with Gasteiger partial charge >= 0.3 is 0 Å². The van der Waals surface area contributed by atoms with Gasteiger partial charge in [0.2, 0.25) is 5.17 Å². The van der Waals surface area contributed by atoms with Crippen LogP contribution < -0.4 is 4.74 Å². The van der Waals surface area contributed by atoms with Gasteiger partial charge in [0.1, 0.15) is 10.8 Å². The predicted molar refractivity (Wildman–Crippen MR) is 142 cm³/mol. The first-order chi connectivity index (χ1) is 16.9. The molecule has 0 fully saturated rings. The van der Waals surface area contributed by atoms with Crippen molar-refractivity contribution in [1.82, 2.24) is 9.58 Å². The van der Waals surface area contributed by atoms with Crippen molar-refractivity contribution in [1.29, 1.82) is 5.41 Å². The van der Waals surface area contributed by atoms with Crippen LogP contribution in [-0.4, -0.2) is 38.1 Å². The molecule has 0 atom stereocenters. The average molecular weight is 484 g/mol. The van der Waals surface area contributed by atoms with E-state index in [0.29, 0.717) is 11.8 Å². The van der Waals surface area contributed by atoms with Crippen molar-refractivity contribution < 1.29 is 9.53 Å². The molecule has 2 aliphatic rings. The zero-order chi connectivity index (χ0) is 24.7. The molecule has 2 aliphatic heterocycles. The molecular formula is C27H25N5O2S. The lowest BCUT2D eigenvalue weighted by Gasteiger charge is -2.20. The molecule has 1 amide bonds. The van der Waals surface area contributed by atoms with Crippen molar-refractivity contribution in [3.05, 3.63) is 88.2 Å². The summed E-state index contributed by atoms with van der Waals surface area (Å²) in [6.45, 7) is 8.55. The number of fused-ring (bicyclic) bond motifs is 1. The van der Waals surface area contributed by atoms with E-state index in [1.807, 2.05) is 82.3 Å². The van der Waals surface area contributed by atoms with Gasteiger partial charge in [-0.2, -0.15) is 15.1 Å². The Morgan fingerprint density at radius 3 is 2.66 bits per heavy atom. The summed E-state index contributed by atoms with van der Waals surface area (Å²) in [5, 5.41) is 15.9. The summed E-state index contributed by atoms with van der Waals surface area (Å²) in [5.41, 5.74) is 5.98. The molecule has 35 heavy (non-hydrogen) atoms. The summed E-state index contributed by atoms with van der Waals surface area (Å²) < 4.78 is 7.93. The van der Waals surface area contributed by atoms with E-state index in [1.165, 1.54) is 16.8 Å². The Morgan fingerprint density at radius 2 is 1.89 bits per heavy atom. The molecule has 0 unspecified atom stereocenters. The van der Waals surface area contributed by atoms with Crippen LogP contribution >= 0.6 is 11.8 Å². The number of ether oxygens (including phenoxy) is 1. The van der Waals surface area contributed by atoms with Gasteiger partial charge in [-0.1, -0.05) is 35.9 Å². The van der Waals surface area contributed by atoms with Gasteiger partial charge in [-0.25, -0.2) is 0 Å². The predicted octanol–water partition coefficient (Wildman–Crippen LogP) is 5.47. The summed E-state index contributed by atoms with van der Waals surface area (Å²) in [7, 11) is 0. The molecule has 3 heterocycles. The number of para-hydroxylation sites is 2. The zero-order valence-corrected chi connectivity index (χ0v) is 20.8. The SMILES string of the molecule is CCOc1ccccc1-n1c(C)cc(/C=C2\C(=N)N3N=C(c4cccc(C)c4)SC3=NC2=O)c1C. The monoisotopic (exact) mass is 483 g/mol. The van der Waals surface area contributed by atoms with E-state index in [-0.39, 0.29) is 11.4 Å². The van der Waals surface area contributed by atoms with Gasteiger partial charge in [-0.05, 0) is 75.4 Å². The number of rotatable bonds is 5. The number of aryl methyl sites for hydroxylation is 2. The van der Waals surface area contributed by atoms with Crippen molar-refractivity contribution in [3.8, 4) is 11.4 Å². The van der Waals surface area contributed by atoms with Crippen LogP contribution in [0.3, 0.4) is 0 Å². The highest BCUT2D eigenvalue weighted by atomic mass is 32.2. The molecular weight excluding hydrogens is 458 g/mol. The van der Waals surface area contributed by atoms with E-state index in [1.54, 1.807) is 6.08 Å². The van der Waals surface area contributed by atoms with E-state index >= 15 is 0 Å². The van der Waals surface area contributed by atoms with Crippen molar-refractivity contribution in [3.63, 3.8) is 0 Å². The molecule has 2 aromatic carbocycles. The molecule has 1 aromatic heterocycles. The maximum absolute atomic E-state index is 12.9. The molecule has 0 bridgehead atoms. The summed E-state index contributed by atoms with van der Waals surface area (Å²) >= 11 is 1.30. The standard InChI is InChI=1S/C27H25N5O2S/c1-5-34-23-12-7-6-11-22(23)31-17(3)14-20(18(31)4)15-21-24(28)32-27(29-25(21)33)35-26(30-32)19-10-8-9-16(2)13-19/h6-15,28H,5H2,1-4H3/b21-15+,28-24?. The first kappa shape index (κ1) is 22.9. The minimum absolute atomic E-state index is 0.0228. The third-order valence-corrected chi connectivity index (χ3v) is 6.85. The molecule has 0 radical (unpaired) electrons. The highest BCUT2D eigenvalue weighted by molar-refractivity contribution is 8.27. The number of nitrogens with one attached hydrogen (secondary N) is 1. The van der Waals surface area contributed by atoms with Crippen molar-refractivity contribution in [2.45, 2.75) is 27.7 Å². The Bertz CT molecular complexity index is 1460. The fraction of sp³-hybridized carbons (Fsp3) is 0.185. The average Bonchev–Trinajstić information content (AvgIpc) is 3.38. The van der Waals surface area contributed by atoms with E-state index in [4.69, 9.17) is 10.1 Å². The minimum atomic E-state index is -0.436. The molecule has 8 heteroatoms. The second-order valence-corrected chi connectivity index (χ2v) is 9.31. The second-order valence-electron chi connectivity index (χ2n) is 8.36. The number of thioether (sulfide) groups is 1. The summed E-state index contributed by atoms with van der Waals surface area (Å²) in [6, 6.07) is 17.9. The van der Waals surface area contributed by atoms with Crippen LogP contribution in [0.2, 0.25) is 0 Å². The van der Waals surface area contributed by atoms with Gasteiger partial charge in [0.15, 0.2) is 5.84 Å².